The summed E-state index contributed by atoms with van der Waals surface area (Å²) in [4.78, 5) is 11.9. The Kier molecular flexibility index (Phi) is 5.27. The third-order valence-corrected chi connectivity index (χ3v) is 6.53. The Balaban J connectivity index is 1.87. The van der Waals surface area contributed by atoms with Crippen molar-refractivity contribution in [1.29, 1.82) is 0 Å². The monoisotopic (exact) mass is 311 g/mol. The molecular formula is C15H21NOSe. The van der Waals surface area contributed by atoms with Gasteiger partial charge in [0.2, 0.25) is 0 Å². The van der Waals surface area contributed by atoms with Crippen molar-refractivity contribution in [2.24, 2.45) is 0 Å². The molecule has 1 aromatic carbocycles. The summed E-state index contributed by atoms with van der Waals surface area (Å²) in [7, 11) is 0. The fourth-order valence-electron chi connectivity index (χ4n) is 2.50. The molecule has 2 nitrogen and oxygen atoms in total. The van der Waals surface area contributed by atoms with Crippen molar-refractivity contribution >= 4 is 20.9 Å². The summed E-state index contributed by atoms with van der Waals surface area (Å²) in [5.74, 6) is 0.127. The van der Waals surface area contributed by atoms with Crippen LogP contribution >= 0.6 is 0 Å². The molecule has 18 heavy (non-hydrogen) atoms. The number of hydrogen-bond donors (Lipinski definition) is 1. The van der Waals surface area contributed by atoms with Crippen LogP contribution in [0, 0.1) is 0 Å². The Hall–Kier alpha value is -0.791. The van der Waals surface area contributed by atoms with Gasteiger partial charge in [-0.3, -0.25) is 0 Å². The number of hydrogen-bond acceptors (Lipinski definition) is 1. The van der Waals surface area contributed by atoms with Crippen molar-refractivity contribution < 1.29 is 4.79 Å². The van der Waals surface area contributed by atoms with Crippen LogP contribution in [0.1, 0.15) is 38.2 Å². The molecule has 1 aliphatic rings. The van der Waals surface area contributed by atoms with Crippen LogP contribution in [-0.4, -0.2) is 26.9 Å². The molecule has 1 aliphatic carbocycles. The van der Waals surface area contributed by atoms with E-state index in [4.69, 9.17) is 0 Å². The molecule has 1 fully saturated rings. The average Bonchev–Trinajstić information content (AvgIpc) is 2.38. The maximum absolute atomic E-state index is 11.2. The van der Waals surface area contributed by atoms with E-state index in [1.807, 2.05) is 0 Å². The van der Waals surface area contributed by atoms with Gasteiger partial charge in [-0.1, -0.05) is 0 Å². The predicted molar refractivity (Wildman–Crippen MR) is 75.7 cm³/mol. The quantitative estimate of drug-likeness (QED) is 0.851. The third kappa shape index (κ3) is 4.15. The van der Waals surface area contributed by atoms with Gasteiger partial charge in [0, 0.05) is 0 Å². The van der Waals surface area contributed by atoms with Gasteiger partial charge in [0.25, 0.3) is 0 Å². The van der Waals surface area contributed by atoms with Gasteiger partial charge >= 0.3 is 116 Å². The van der Waals surface area contributed by atoms with Crippen molar-refractivity contribution in [2.45, 2.75) is 48.8 Å². The van der Waals surface area contributed by atoms with E-state index in [1.165, 1.54) is 36.6 Å². The standard InChI is InChI=1S/C15H21NOSe/c1-12(17)16-14-9-5-6-10-15(14)18-11-13-7-3-2-4-8-13/h2-4,7-8,14-15H,5-6,9-11H2,1H3,(H,16,17). The van der Waals surface area contributed by atoms with Crippen LogP contribution in [0.4, 0.5) is 0 Å². The van der Waals surface area contributed by atoms with E-state index in [0.717, 1.165) is 4.82 Å². The van der Waals surface area contributed by atoms with Crippen LogP contribution in [-0.2, 0) is 10.1 Å². The molecule has 0 spiro atoms. The molecule has 3 heteroatoms. The Bertz CT molecular complexity index is 379. The summed E-state index contributed by atoms with van der Waals surface area (Å²) in [6.45, 7) is 1.63. The third-order valence-electron chi connectivity index (χ3n) is 3.40. The van der Waals surface area contributed by atoms with Gasteiger partial charge in [-0.15, -0.1) is 0 Å². The summed E-state index contributed by atoms with van der Waals surface area (Å²) in [5, 5.41) is 4.33. The second kappa shape index (κ2) is 6.96. The van der Waals surface area contributed by atoms with E-state index in [9.17, 15) is 4.79 Å². The summed E-state index contributed by atoms with van der Waals surface area (Å²) >= 11 is 0.592. The zero-order chi connectivity index (χ0) is 12.8. The van der Waals surface area contributed by atoms with Crippen LogP contribution in [0.15, 0.2) is 30.3 Å². The van der Waals surface area contributed by atoms with Gasteiger partial charge in [-0.05, 0) is 0 Å². The first kappa shape index (κ1) is 13.6. The van der Waals surface area contributed by atoms with E-state index in [1.54, 1.807) is 6.92 Å². The minimum absolute atomic E-state index is 0.127. The fraction of sp³-hybridized carbons (Fsp3) is 0.533. The molecule has 98 valence electrons. The fourth-order valence-corrected chi connectivity index (χ4v) is 5.37. The molecule has 2 atom stereocenters. The average molecular weight is 310 g/mol. The second-order valence-electron chi connectivity index (χ2n) is 4.93. The van der Waals surface area contributed by atoms with Crippen LogP contribution in [0.2, 0.25) is 4.82 Å². The maximum atomic E-state index is 11.2. The van der Waals surface area contributed by atoms with Crippen molar-refractivity contribution in [3.63, 3.8) is 0 Å². The minimum atomic E-state index is 0.127. The van der Waals surface area contributed by atoms with Gasteiger partial charge in [0.1, 0.15) is 0 Å². The van der Waals surface area contributed by atoms with Gasteiger partial charge < -0.3 is 0 Å². The summed E-state index contributed by atoms with van der Waals surface area (Å²) < 4.78 is 0. The number of amides is 1. The molecule has 1 N–H and O–H groups in total. The first-order valence-corrected chi connectivity index (χ1v) is 8.88. The summed E-state index contributed by atoms with van der Waals surface area (Å²) in [6.07, 6.45) is 5.05. The molecule has 1 amide bonds. The van der Waals surface area contributed by atoms with Gasteiger partial charge in [-0.25, -0.2) is 0 Å². The molecule has 0 radical (unpaired) electrons. The van der Waals surface area contributed by atoms with Crippen molar-refractivity contribution in [2.75, 3.05) is 0 Å². The second-order valence-corrected chi connectivity index (χ2v) is 7.50. The summed E-state index contributed by atoms with van der Waals surface area (Å²) in [6, 6.07) is 11.1. The van der Waals surface area contributed by atoms with Crippen LogP contribution in [0.3, 0.4) is 0 Å². The zero-order valence-corrected chi connectivity index (χ0v) is 12.6. The van der Waals surface area contributed by atoms with Crippen LogP contribution in [0.5, 0.6) is 0 Å². The van der Waals surface area contributed by atoms with Gasteiger partial charge in [0.05, 0.1) is 0 Å². The van der Waals surface area contributed by atoms with Gasteiger partial charge in [0.15, 0.2) is 0 Å². The number of nitrogens with one attached hydrogen (secondary N) is 1. The molecule has 2 unspecified atom stereocenters. The molecule has 0 saturated heterocycles. The first-order valence-electron chi connectivity index (χ1n) is 6.68. The molecule has 0 bridgehead atoms. The number of rotatable bonds is 4. The predicted octanol–water partition coefficient (Wildman–Crippen LogP) is 2.76. The SMILES string of the molecule is CC(=O)NC1CCCCC1[Se]Cc1ccccc1. The number of carbonyl (C=O) groups is 1. The molecule has 0 aromatic heterocycles. The van der Waals surface area contributed by atoms with Crippen LogP contribution in [0.25, 0.3) is 0 Å². The molecule has 1 saturated carbocycles. The molecule has 0 aliphatic heterocycles. The Labute approximate surface area is 116 Å². The Morgan fingerprint density at radius 1 is 1.28 bits per heavy atom. The van der Waals surface area contributed by atoms with Crippen molar-refractivity contribution in [3.05, 3.63) is 35.9 Å². The van der Waals surface area contributed by atoms with E-state index in [2.05, 4.69) is 35.6 Å². The van der Waals surface area contributed by atoms with E-state index in [0.29, 0.717) is 21.0 Å². The zero-order valence-electron chi connectivity index (χ0n) is 10.9. The number of carbonyl (C=O) groups excluding carboxylic acids is 1. The number of benzene rings is 1. The van der Waals surface area contributed by atoms with Crippen molar-refractivity contribution in [3.8, 4) is 0 Å². The molecule has 0 heterocycles. The van der Waals surface area contributed by atoms with Gasteiger partial charge in [-0.2, -0.15) is 0 Å². The van der Waals surface area contributed by atoms with Crippen molar-refractivity contribution in [1.82, 2.24) is 5.32 Å². The normalized spacial score (nSPS) is 23.6. The first-order chi connectivity index (χ1) is 8.75. The van der Waals surface area contributed by atoms with E-state index < -0.39 is 0 Å². The molecular weight excluding hydrogens is 289 g/mol. The van der Waals surface area contributed by atoms with E-state index in [-0.39, 0.29) is 5.91 Å². The Morgan fingerprint density at radius 3 is 2.72 bits per heavy atom. The van der Waals surface area contributed by atoms with E-state index >= 15 is 0 Å². The summed E-state index contributed by atoms with van der Waals surface area (Å²) in [5.41, 5.74) is 1.43. The Morgan fingerprint density at radius 2 is 2.00 bits per heavy atom. The molecule has 2 rings (SSSR count). The topological polar surface area (TPSA) is 29.1 Å². The van der Waals surface area contributed by atoms with Crippen LogP contribution < -0.4 is 5.32 Å². The molecule has 1 aromatic rings.